The van der Waals surface area contributed by atoms with Crippen molar-refractivity contribution in [2.24, 2.45) is 5.73 Å². The molecular formula is C15H19ClN4O2. The van der Waals surface area contributed by atoms with E-state index in [9.17, 15) is 0 Å². The molecule has 0 amide bonds. The summed E-state index contributed by atoms with van der Waals surface area (Å²) in [6.07, 6.45) is 3.57. The number of nitrogens with zero attached hydrogens (tertiary/aromatic N) is 2. The predicted octanol–water partition coefficient (Wildman–Crippen LogP) is 2.72. The number of methoxy groups -OCH3 is 1. The molecule has 1 fully saturated rings. The van der Waals surface area contributed by atoms with Gasteiger partial charge in [0.2, 0.25) is 5.89 Å². The van der Waals surface area contributed by atoms with Gasteiger partial charge in [-0.25, -0.2) is 0 Å². The predicted molar refractivity (Wildman–Crippen MR) is 84.2 cm³/mol. The van der Waals surface area contributed by atoms with Crippen molar-refractivity contribution in [3.8, 4) is 5.75 Å². The Morgan fingerprint density at radius 3 is 2.95 bits per heavy atom. The van der Waals surface area contributed by atoms with Gasteiger partial charge < -0.3 is 20.3 Å². The quantitative estimate of drug-likeness (QED) is 0.850. The van der Waals surface area contributed by atoms with Gasteiger partial charge in [-0.3, -0.25) is 0 Å². The molecule has 0 spiro atoms. The topological polar surface area (TPSA) is 86.2 Å². The fourth-order valence-electron chi connectivity index (χ4n) is 2.46. The van der Waals surface area contributed by atoms with E-state index in [0.29, 0.717) is 29.7 Å². The maximum absolute atomic E-state index is 6.18. The standard InChI is InChI=1S/C15H19ClN4O2/c1-21-12-4-3-10(16)9-11(12)18-8-5-13-19-14(20-22-13)15(17)6-2-7-15/h3-4,9,18H,2,5-8,17H2,1H3. The van der Waals surface area contributed by atoms with Crippen molar-refractivity contribution in [2.75, 3.05) is 19.0 Å². The summed E-state index contributed by atoms with van der Waals surface area (Å²) >= 11 is 6.00. The molecule has 0 saturated heterocycles. The van der Waals surface area contributed by atoms with Crippen LogP contribution >= 0.6 is 11.6 Å². The molecule has 0 atom stereocenters. The number of ether oxygens (including phenoxy) is 1. The van der Waals surface area contributed by atoms with Gasteiger partial charge in [-0.05, 0) is 37.5 Å². The molecule has 1 saturated carbocycles. The monoisotopic (exact) mass is 322 g/mol. The van der Waals surface area contributed by atoms with E-state index in [1.807, 2.05) is 12.1 Å². The molecule has 1 heterocycles. The zero-order valence-corrected chi connectivity index (χ0v) is 13.2. The average Bonchev–Trinajstić information content (AvgIpc) is 2.94. The van der Waals surface area contributed by atoms with Crippen molar-refractivity contribution in [2.45, 2.75) is 31.2 Å². The SMILES string of the molecule is COc1ccc(Cl)cc1NCCc1nc(C2(N)CCC2)no1. The fraction of sp³-hybridized carbons (Fsp3) is 0.467. The summed E-state index contributed by atoms with van der Waals surface area (Å²) in [4.78, 5) is 4.40. The van der Waals surface area contributed by atoms with E-state index in [1.165, 1.54) is 0 Å². The summed E-state index contributed by atoms with van der Waals surface area (Å²) in [5.41, 5.74) is 6.63. The molecule has 1 aromatic carbocycles. The van der Waals surface area contributed by atoms with Gasteiger partial charge in [0.1, 0.15) is 5.75 Å². The first-order chi connectivity index (χ1) is 10.6. The second-order valence-electron chi connectivity index (χ2n) is 5.54. The number of rotatable bonds is 6. The third-order valence-electron chi connectivity index (χ3n) is 3.98. The van der Waals surface area contributed by atoms with Crippen LogP contribution in [0.1, 0.15) is 31.0 Å². The van der Waals surface area contributed by atoms with Gasteiger partial charge in [0.25, 0.3) is 0 Å². The molecule has 22 heavy (non-hydrogen) atoms. The maximum atomic E-state index is 6.18. The van der Waals surface area contributed by atoms with Crippen LogP contribution in [0.4, 0.5) is 5.69 Å². The molecule has 1 aliphatic rings. The number of hydrogen-bond acceptors (Lipinski definition) is 6. The molecule has 3 N–H and O–H groups in total. The van der Waals surface area contributed by atoms with Crippen LogP contribution in [-0.4, -0.2) is 23.8 Å². The summed E-state index contributed by atoms with van der Waals surface area (Å²) in [7, 11) is 1.62. The molecule has 0 unspecified atom stereocenters. The Balaban J connectivity index is 1.58. The summed E-state index contributed by atoms with van der Waals surface area (Å²) in [6, 6.07) is 5.43. The van der Waals surface area contributed by atoms with Gasteiger partial charge in [0, 0.05) is 18.0 Å². The molecule has 118 valence electrons. The summed E-state index contributed by atoms with van der Waals surface area (Å²) in [5.74, 6) is 1.94. The van der Waals surface area contributed by atoms with Crippen LogP contribution in [0.15, 0.2) is 22.7 Å². The summed E-state index contributed by atoms with van der Waals surface area (Å²) in [6.45, 7) is 0.635. The Morgan fingerprint density at radius 1 is 1.45 bits per heavy atom. The van der Waals surface area contributed by atoms with Gasteiger partial charge in [0.15, 0.2) is 5.82 Å². The Kier molecular flexibility index (Phi) is 4.22. The molecule has 0 radical (unpaired) electrons. The normalized spacial score (nSPS) is 16.1. The number of aromatic nitrogens is 2. The highest BCUT2D eigenvalue weighted by Gasteiger charge is 2.38. The van der Waals surface area contributed by atoms with E-state index < -0.39 is 0 Å². The smallest absolute Gasteiger partial charge is 0.228 e. The van der Waals surface area contributed by atoms with Gasteiger partial charge >= 0.3 is 0 Å². The maximum Gasteiger partial charge on any atom is 0.228 e. The molecule has 1 aromatic heterocycles. The lowest BCUT2D eigenvalue weighted by atomic mass is 9.77. The van der Waals surface area contributed by atoms with Gasteiger partial charge in [0.05, 0.1) is 18.3 Å². The summed E-state index contributed by atoms with van der Waals surface area (Å²) < 4.78 is 10.6. The Bertz CT molecular complexity index is 655. The van der Waals surface area contributed by atoms with E-state index >= 15 is 0 Å². The van der Waals surface area contributed by atoms with Crippen molar-refractivity contribution in [1.29, 1.82) is 0 Å². The molecule has 1 aliphatic carbocycles. The lowest BCUT2D eigenvalue weighted by Gasteiger charge is -2.34. The lowest BCUT2D eigenvalue weighted by molar-refractivity contribution is 0.229. The molecule has 3 rings (SSSR count). The van der Waals surface area contributed by atoms with Crippen LogP contribution in [0.3, 0.4) is 0 Å². The zero-order valence-electron chi connectivity index (χ0n) is 12.4. The van der Waals surface area contributed by atoms with Crippen molar-refractivity contribution in [1.82, 2.24) is 10.1 Å². The Hall–Kier alpha value is -1.79. The average molecular weight is 323 g/mol. The third kappa shape index (κ3) is 3.03. The lowest BCUT2D eigenvalue weighted by Crippen LogP contribution is -2.44. The first-order valence-electron chi connectivity index (χ1n) is 7.30. The van der Waals surface area contributed by atoms with Crippen LogP contribution < -0.4 is 15.8 Å². The highest BCUT2D eigenvalue weighted by Crippen LogP contribution is 2.36. The second kappa shape index (κ2) is 6.14. The minimum atomic E-state index is -0.384. The van der Waals surface area contributed by atoms with E-state index in [1.54, 1.807) is 13.2 Å². The molecule has 0 bridgehead atoms. The van der Waals surface area contributed by atoms with E-state index in [0.717, 1.165) is 30.7 Å². The minimum absolute atomic E-state index is 0.384. The van der Waals surface area contributed by atoms with Crippen LogP contribution in [0, 0.1) is 0 Å². The van der Waals surface area contributed by atoms with Gasteiger partial charge in [-0.15, -0.1) is 0 Å². The van der Waals surface area contributed by atoms with Crippen LogP contribution in [0.25, 0.3) is 0 Å². The Labute approximate surface area is 134 Å². The molecule has 7 heteroatoms. The summed E-state index contributed by atoms with van der Waals surface area (Å²) in [5, 5.41) is 7.91. The highest BCUT2D eigenvalue weighted by molar-refractivity contribution is 6.30. The minimum Gasteiger partial charge on any atom is -0.495 e. The van der Waals surface area contributed by atoms with Gasteiger partial charge in [-0.2, -0.15) is 4.98 Å². The van der Waals surface area contributed by atoms with Crippen LogP contribution in [0.2, 0.25) is 5.02 Å². The van der Waals surface area contributed by atoms with Crippen LogP contribution in [-0.2, 0) is 12.0 Å². The first kappa shape index (κ1) is 15.1. The van der Waals surface area contributed by atoms with Crippen molar-refractivity contribution in [3.63, 3.8) is 0 Å². The second-order valence-corrected chi connectivity index (χ2v) is 5.98. The molecule has 2 aromatic rings. The largest absolute Gasteiger partial charge is 0.495 e. The zero-order chi connectivity index (χ0) is 15.6. The molecular weight excluding hydrogens is 304 g/mol. The number of nitrogens with one attached hydrogen (secondary N) is 1. The highest BCUT2D eigenvalue weighted by atomic mass is 35.5. The van der Waals surface area contributed by atoms with Crippen molar-refractivity contribution in [3.05, 3.63) is 34.9 Å². The van der Waals surface area contributed by atoms with Gasteiger partial charge in [-0.1, -0.05) is 16.8 Å². The Morgan fingerprint density at radius 2 is 2.27 bits per heavy atom. The first-order valence-corrected chi connectivity index (χ1v) is 7.68. The molecule has 0 aliphatic heterocycles. The fourth-order valence-corrected chi connectivity index (χ4v) is 2.63. The number of anilines is 1. The van der Waals surface area contributed by atoms with Crippen molar-refractivity contribution >= 4 is 17.3 Å². The number of hydrogen-bond donors (Lipinski definition) is 2. The number of benzene rings is 1. The van der Waals surface area contributed by atoms with Crippen LogP contribution in [0.5, 0.6) is 5.75 Å². The van der Waals surface area contributed by atoms with Crippen molar-refractivity contribution < 1.29 is 9.26 Å². The number of halogens is 1. The number of nitrogens with two attached hydrogens (primary N) is 1. The van der Waals surface area contributed by atoms with E-state index in [-0.39, 0.29) is 5.54 Å². The third-order valence-corrected chi connectivity index (χ3v) is 4.21. The molecule has 6 nitrogen and oxygen atoms in total. The van der Waals surface area contributed by atoms with E-state index in [2.05, 4.69) is 15.5 Å². The van der Waals surface area contributed by atoms with E-state index in [4.69, 9.17) is 26.6 Å².